The lowest BCUT2D eigenvalue weighted by Gasteiger charge is -2.05. The van der Waals surface area contributed by atoms with Crippen LogP contribution in [0.25, 0.3) is 11.5 Å². The number of benzene rings is 2. The van der Waals surface area contributed by atoms with E-state index in [9.17, 15) is 8.42 Å². The molecule has 0 spiro atoms. The molecule has 0 aliphatic carbocycles. The highest BCUT2D eigenvalue weighted by Gasteiger charge is 2.16. The highest BCUT2D eigenvalue weighted by molar-refractivity contribution is 7.89. The van der Waals surface area contributed by atoms with Crippen LogP contribution in [-0.4, -0.2) is 18.6 Å². The number of hydrogen-bond acceptors (Lipinski definition) is 5. The molecular formula is C18H19N3O3S. The summed E-state index contributed by atoms with van der Waals surface area (Å²) >= 11 is 0. The van der Waals surface area contributed by atoms with Gasteiger partial charge in [0.15, 0.2) is 0 Å². The molecule has 0 aliphatic heterocycles. The second-order valence-corrected chi connectivity index (χ2v) is 7.46. The minimum atomic E-state index is -3.62. The minimum Gasteiger partial charge on any atom is -0.419 e. The molecule has 3 rings (SSSR count). The second kappa shape index (κ2) is 7.16. The zero-order valence-electron chi connectivity index (χ0n) is 14.1. The van der Waals surface area contributed by atoms with Gasteiger partial charge in [0.05, 0.1) is 11.4 Å². The van der Waals surface area contributed by atoms with Gasteiger partial charge in [0.1, 0.15) is 0 Å². The van der Waals surface area contributed by atoms with Gasteiger partial charge in [0.2, 0.25) is 21.8 Å². The second-order valence-electron chi connectivity index (χ2n) is 5.69. The van der Waals surface area contributed by atoms with E-state index in [2.05, 4.69) is 14.9 Å². The van der Waals surface area contributed by atoms with Crippen molar-refractivity contribution in [3.8, 4) is 11.5 Å². The normalized spacial score (nSPS) is 11.6. The third kappa shape index (κ3) is 4.12. The number of nitrogens with one attached hydrogen (secondary N) is 1. The van der Waals surface area contributed by atoms with Crippen LogP contribution in [0.2, 0.25) is 0 Å². The molecule has 1 heterocycles. The van der Waals surface area contributed by atoms with Crippen molar-refractivity contribution in [3.05, 3.63) is 65.5 Å². The van der Waals surface area contributed by atoms with Gasteiger partial charge in [-0.15, -0.1) is 10.2 Å². The van der Waals surface area contributed by atoms with Crippen LogP contribution in [0.3, 0.4) is 0 Å². The minimum absolute atomic E-state index is 0.0589. The van der Waals surface area contributed by atoms with Gasteiger partial charge in [0.25, 0.3) is 0 Å². The third-order valence-corrected chi connectivity index (χ3v) is 5.20. The molecule has 3 aromatic rings. The van der Waals surface area contributed by atoms with Crippen molar-refractivity contribution in [1.29, 1.82) is 0 Å². The van der Waals surface area contributed by atoms with E-state index in [1.807, 2.05) is 38.1 Å². The summed E-state index contributed by atoms with van der Waals surface area (Å²) in [6.07, 6.45) is 0.859. The standard InChI is InChI=1S/C18H19N3O3S/c1-3-14-7-9-16(10-8-14)25(22,23)19-12-17-20-21-18(24-17)15-6-4-5-13(2)11-15/h4-11,19H,3,12H2,1-2H3. The van der Waals surface area contributed by atoms with Gasteiger partial charge < -0.3 is 4.42 Å². The van der Waals surface area contributed by atoms with E-state index < -0.39 is 10.0 Å². The average Bonchev–Trinajstić information content (AvgIpc) is 3.09. The molecule has 0 saturated carbocycles. The van der Waals surface area contributed by atoms with E-state index in [-0.39, 0.29) is 17.3 Å². The van der Waals surface area contributed by atoms with Crippen molar-refractivity contribution >= 4 is 10.0 Å². The maximum atomic E-state index is 12.3. The number of aryl methyl sites for hydroxylation is 2. The fourth-order valence-corrected chi connectivity index (χ4v) is 3.34. The largest absolute Gasteiger partial charge is 0.419 e. The first kappa shape index (κ1) is 17.3. The SMILES string of the molecule is CCc1ccc(S(=O)(=O)NCc2nnc(-c3cccc(C)c3)o2)cc1. The fourth-order valence-electron chi connectivity index (χ4n) is 2.36. The Balaban J connectivity index is 1.70. The van der Waals surface area contributed by atoms with Crippen LogP contribution in [0, 0.1) is 6.92 Å². The molecule has 0 amide bonds. The molecule has 7 heteroatoms. The maximum Gasteiger partial charge on any atom is 0.247 e. The zero-order valence-corrected chi connectivity index (χ0v) is 14.9. The summed E-state index contributed by atoms with van der Waals surface area (Å²) in [6.45, 7) is 3.93. The van der Waals surface area contributed by atoms with Gasteiger partial charge in [-0.05, 0) is 43.2 Å². The third-order valence-electron chi connectivity index (χ3n) is 3.79. The molecule has 0 radical (unpaired) electrons. The Hall–Kier alpha value is -2.51. The lowest BCUT2D eigenvalue weighted by atomic mass is 10.1. The quantitative estimate of drug-likeness (QED) is 0.733. The number of rotatable bonds is 6. The fraction of sp³-hybridized carbons (Fsp3) is 0.222. The first-order valence-electron chi connectivity index (χ1n) is 7.96. The summed E-state index contributed by atoms with van der Waals surface area (Å²) in [5.74, 6) is 0.579. The summed E-state index contributed by atoms with van der Waals surface area (Å²) in [4.78, 5) is 0.211. The molecule has 25 heavy (non-hydrogen) atoms. The Labute approximate surface area is 147 Å². The molecule has 0 unspecified atom stereocenters. The van der Waals surface area contributed by atoms with Crippen LogP contribution in [0.4, 0.5) is 0 Å². The van der Waals surface area contributed by atoms with Crippen LogP contribution < -0.4 is 4.72 Å². The number of hydrogen-bond donors (Lipinski definition) is 1. The Kier molecular flexibility index (Phi) is 4.96. The van der Waals surface area contributed by atoms with Gasteiger partial charge in [-0.25, -0.2) is 13.1 Å². The van der Waals surface area contributed by atoms with Crippen molar-refractivity contribution in [3.63, 3.8) is 0 Å². The molecule has 0 saturated heterocycles. The van der Waals surface area contributed by atoms with Gasteiger partial charge in [-0.1, -0.05) is 36.8 Å². The van der Waals surface area contributed by atoms with Gasteiger partial charge in [0, 0.05) is 5.56 Å². The maximum absolute atomic E-state index is 12.3. The summed E-state index contributed by atoms with van der Waals surface area (Å²) in [5.41, 5.74) is 2.96. The van der Waals surface area contributed by atoms with E-state index in [0.717, 1.165) is 23.1 Å². The van der Waals surface area contributed by atoms with Crippen LogP contribution >= 0.6 is 0 Å². The summed E-state index contributed by atoms with van der Waals surface area (Å²) in [5, 5.41) is 7.87. The van der Waals surface area contributed by atoms with E-state index in [4.69, 9.17) is 4.42 Å². The molecule has 1 N–H and O–H groups in total. The topological polar surface area (TPSA) is 85.1 Å². The van der Waals surface area contributed by atoms with Gasteiger partial charge in [-0.2, -0.15) is 0 Å². The molecule has 0 aliphatic rings. The lowest BCUT2D eigenvalue weighted by Crippen LogP contribution is -2.23. The molecule has 0 bridgehead atoms. The Bertz CT molecular complexity index is 963. The van der Waals surface area contributed by atoms with Crippen LogP contribution in [0.5, 0.6) is 0 Å². The Morgan fingerprint density at radius 2 is 1.84 bits per heavy atom. The molecule has 0 atom stereocenters. The number of sulfonamides is 1. The Morgan fingerprint density at radius 1 is 1.08 bits per heavy atom. The molecule has 6 nitrogen and oxygen atoms in total. The highest BCUT2D eigenvalue weighted by atomic mass is 32.2. The summed E-state index contributed by atoms with van der Waals surface area (Å²) < 4.78 is 32.7. The number of nitrogens with zero attached hydrogens (tertiary/aromatic N) is 2. The van der Waals surface area contributed by atoms with Crippen molar-refractivity contribution in [2.24, 2.45) is 0 Å². The predicted molar refractivity (Wildman–Crippen MR) is 94.3 cm³/mol. The zero-order chi connectivity index (χ0) is 17.9. The molecular weight excluding hydrogens is 338 g/mol. The lowest BCUT2D eigenvalue weighted by molar-refractivity contribution is 0.494. The van der Waals surface area contributed by atoms with Crippen molar-refractivity contribution < 1.29 is 12.8 Å². The van der Waals surface area contributed by atoms with E-state index in [1.165, 1.54) is 0 Å². The highest BCUT2D eigenvalue weighted by Crippen LogP contribution is 2.19. The van der Waals surface area contributed by atoms with Crippen molar-refractivity contribution in [2.45, 2.75) is 31.7 Å². The Morgan fingerprint density at radius 3 is 2.52 bits per heavy atom. The van der Waals surface area contributed by atoms with Gasteiger partial charge >= 0.3 is 0 Å². The average molecular weight is 357 g/mol. The molecule has 2 aromatic carbocycles. The molecule has 130 valence electrons. The van der Waals surface area contributed by atoms with E-state index in [1.54, 1.807) is 24.3 Å². The molecule has 1 aromatic heterocycles. The van der Waals surface area contributed by atoms with E-state index >= 15 is 0 Å². The smallest absolute Gasteiger partial charge is 0.247 e. The van der Waals surface area contributed by atoms with E-state index in [0.29, 0.717) is 5.89 Å². The van der Waals surface area contributed by atoms with Gasteiger partial charge in [-0.3, -0.25) is 0 Å². The number of aromatic nitrogens is 2. The monoisotopic (exact) mass is 357 g/mol. The first-order valence-corrected chi connectivity index (χ1v) is 9.44. The first-order chi connectivity index (χ1) is 12.0. The molecule has 0 fully saturated rings. The predicted octanol–water partition coefficient (Wildman–Crippen LogP) is 3.09. The van der Waals surface area contributed by atoms with Crippen LogP contribution in [0.1, 0.15) is 23.9 Å². The summed E-state index contributed by atoms with van der Waals surface area (Å²) in [7, 11) is -3.62. The van der Waals surface area contributed by atoms with Crippen molar-refractivity contribution in [1.82, 2.24) is 14.9 Å². The van der Waals surface area contributed by atoms with Crippen LogP contribution in [0.15, 0.2) is 57.8 Å². The van der Waals surface area contributed by atoms with Crippen LogP contribution in [-0.2, 0) is 23.0 Å². The van der Waals surface area contributed by atoms with Crippen molar-refractivity contribution in [2.75, 3.05) is 0 Å². The summed E-state index contributed by atoms with van der Waals surface area (Å²) in [6, 6.07) is 14.4.